The van der Waals surface area contributed by atoms with Gasteiger partial charge in [-0.1, -0.05) is 0 Å². The third-order valence-corrected chi connectivity index (χ3v) is 4.06. The lowest BCUT2D eigenvalue weighted by Crippen LogP contribution is -2.26. The molecule has 0 N–H and O–H groups in total. The van der Waals surface area contributed by atoms with Crippen molar-refractivity contribution in [3.8, 4) is 0 Å². The van der Waals surface area contributed by atoms with Crippen molar-refractivity contribution in [1.29, 1.82) is 0 Å². The minimum atomic E-state index is -0.00600. The van der Waals surface area contributed by atoms with Crippen molar-refractivity contribution >= 4 is 33.2 Å². The van der Waals surface area contributed by atoms with Crippen LogP contribution in [0.15, 0.2) is 33.7 Å². The number of pyridine rings is 1. The Bertz CT molecular complexity index is 568. The molecule has 0 radical (unpaired) electrons. The Morgan fingerprint density at radius 3 is 2.83 bits per heavy atom. The second-order valence-corrected chi connectivity index (χ2v) is 6.46. The Morgan fingerprint density at radius 1 is 1.44 bits per heavy atom. The monoisotopic (exact) mass is 324 g/mol. The molecule has 0 saturated carbocycles. The lowest BCUT2D eigenvalue weighted by Gasteiger charge is -2.16. The summed E-state index contributed by atoms with van der Waals surface area (Å²) in [4.78, 5) is 17.9. The zero-order chi connectivity index (χ0) is 13.1. The fraction of sp³-hybridized carbons (Fsp3) is 0.231. The fourth-order valence-electron chi connectivity index (χ4n) is 1.67. The highest BCUT2D eigenvalue weighted by atomic mass is 79.9. The van der Waals surface area contributed by atoms with Crippen LogP contribution in [0.1, 0.15) is 21.5 Å². The Morgan fingerprint density at radius 2 is 2.22 bits per heavy atom. The molecule has 0 aliphatic heterocycles. The predicted octanol–water partition coefficient (Wildman–Crippen LogP) is 3.49. The van der Waals surface area contributed by atoms with Gasteiger partial charge in [-0.05, 0) is 51.5 Å². The molecule has 0 unspecified atom stereocenters. The van der Waals surface area contributed by atoms with Crippen LogP contribution in [0.2, 0.25) is 0 Å². The second kappa shape index (κ2) is 5.63. The van der Waals surface area contributed by atoms with Gasteiger partial charge in [0, 0.05) is 26.0 Å². The van der Waals surface area contributed by atoms with Crippen molar-refractivity contribution in [2.45, 2.75) is 13.5 Å². The zero-order valence-corrected chi connectivity index (χ0v) is 12.6. The normalized spacial score (nSPS) is 10.4. The van der Waals surface area contributed by atoms with E-state index in [0.29, 0.717) is 12.1 Å². The molecule has 0 fully saturated rings. The number of carbonyl (C=O) groups is 1. The van der Waals surface area contributed by atoms with Gasteiger partial charge in [0.25, 0.3) is 5.91 Å². The van der Waals surface area contributed by atoms with E-state index < -0.39 is 0 Å². The summed E-state index contributed by atoms with van der Waals surface area (Å²) < 4.78 is 1.08. The molecule has 2 aromatic rings. The van der Waals surface area contributed by atoms with Crippen molar-refractivity contribution in [2.24, 2.45) is 0 Å². The molecule has 2 aromatic heterocycles. The highest BCUT2D eigenvalue weighted by Gasteiger charge is 2.13. The molecule has 0 aliphatic rings. The Balaban J connectivity index is 2.09. The van der Waals surface area contributed by atoms with Gasteiger partial charge < -0.3 is 4.90 Å². The van der Waals surface area contributed by atoms with Crippen LogP contribution in [-0.2, 0) is 6.54 Å². The highest BCUT2D eigenvalue weighted by Crippen LogP contribution is 2.21. The summed E-state index contributed by atoms with van der Waals surface area (Å²) in [5, 5.41) is 2.04. The minimum Gasteiger partial charge on any atom is -0.337 e. The first-order chi connectivity index (χ1) is 8.56. The van der Waals surface area contributed by atoms with Gasteiger partial charge in [0.1, 0.15) is 0 Å². The number of carbonyl (C=O) groups excluding carboxylic acids is 1. The summed E-state index contributed by atoms with van der Waals surface area (Å²) in [5.74, 6) is -0.00600. The number of amides is 1. The van der Waals surface area contributed by atoms with Crippen LogP contribution in [0.4, 0.5) is 0 Å². The van der Waals surface area contributed by atoms with Crippen LogP contribution in [0, 0.1) is 6.92 Å². The van der Waals surface area contributed by atoms with Crippen molar-refractivity contribution < 1.29 is 4.79 Å². The lowest BCUT2D eigenvalue weighted by atomic mass is 10.2. The summed E-state index contributed by atoms with van der Waals surface area (Å²) in [6, 6.07) is 3.89. The molecule has 1 amide bonds. The highest BCUT2D eigenvalue weighted by molar-refractivity contribution is 9.11. The Labute approximate surface area is 119 Å². The number of aromatic nitrogens is 1. The van der Waals surface area contributed by atoms with Crippen molar-refractivity contribution in [2.75, 3.05) is 7.05 Å². The standard InChI is InChI=1S/C13H13BrN2OS/c1-9-3-11(6-15-5-9)13(17)16(2)7-10-4-12(14)18-8-10/h3-6,8H,7H2,1-2H3. The predicted molar refractivity (Wildman–Crippen MR) is 76.8 cm³/mol. The van der Waals surface area contributed by atoms with Crippen LogP contribution >= 0.6 is 27.3 Å². The second-order valence-electron chi connectivity index (χ2n) is 4.17. The molecule has 2 heterocycles. The number of aryl methyl sites for hydroxylation is 1. The number of rotatable bonds is 3. The van der Waals surface area contributed by atoms with Crippen LogP contribution in [0.5, 0.6) is 0 Å². The van der Waals surface area contributed by atoms with Gasteiger partial charge in [-0.2, -0.15) is 0 Å². The molecule has 0 atom stereocenters. The molecule has 2 rings (SSSR count). The van der Waals surface area contributed by atoms with Crippen molar-refractivity contribution in [1.82, 2.24) is 9.88 Å². The maximum atomic E-state index is 12.2. The van der Waals surface area contributed by atoms with E-state index in [-0.39, 0.29) is 5.91 Å². The molecule has 0 spiro atoms. The van der Waals surface area contributed by atoms with E-state index in [4.69, 9.17) is 0 Å². The number of nitrogens with zero attached hydrogens (tertiary/aromatic N) is 2. The van der Waals surface area contributed by atoms with Crippen LogP contribution in [-0.4, -0.2) is 22.8 Å². The van der Waals surface area contributed by atoms with Crippen molar-refractivity contribution in [3.63, 3.8) is 0 Å². The Hall–Kier alpha value is -1.20. The van der Waals surface area contributed by atoms with Gasteiger partial charge in [0.15, 0.2) is 0 Å². The van der Waals surface area contributed by atoms with E-state index >= 15 is 0 Å². The van der Waals surface area contributed by atoms with Crippen LogP contribution in [0.3, 0.4) is 0 Å². The zero-order valence-electron chi connectivity index (χ0n) is 10.2. The molecule has 0 saturated heterocycles. The molecule has 18 heavy (non-hydrogen) atoms. The number of halogens is 1. The summed E-state index contributed by atoms with van der Waals surface area (Å²) in [7, 11) is 1.80. The number of hydrogen-bond acceptors (Lipinski definition) is 3. The summed E-state index contributed by atoms with van der Waals surface area (Å²) >= 11 is 5.04. The molecule has 0 aromatic carbocycles. The third kappa shape index (κ3) is 3.17. The number of thiophene rings is 1. The quantitative estimate of drug-likeness (QED) is 0.865. The largest absolute Gasteiger partial charge is 0.337 e. The van der Waals surface area contributed by atoms with Gasteiger partial charge in [-0.25, -0.2) is 0 Å². The Kier molecular flexibility index (Phi) is 4.14. The molecule has 0 bridgehead atoms. The van der Waals surface area contributed by atoms with Gasteiger partial charge in [0.2, 0.25) is 0 Å². The van der Waals surface area contributed by atoms with Gasteiger partial charge in [-0.3, -0.25) is 9.78 Å². The lowest BCUT2D eigenvalue weighted by molar-refractivity contribution is 0.0784. The third-order valence-electron chi connectivity index (χ3n) is 2.51. The molecule has 5 heteroatoms. The molecule has 3 nitrogen and oxygen atoms in total. The van der Waals surface area contributed by atoms with Crippen molar-refractivity contribution in [3.05, 3.63) is 50.4 Å². The van der Waals surface area contributed by atoms with E-state index in [2.05, 4.69) is 20.9 Å². The summed E-state index contributed by atoms with van der Waals surface area (Å²) in [6.45, 7) is 2.54. The van der Waals surface area contributed by atoms with E-state index in [0.717, 1.165) is 14.9 Å². The van der Waals surface area contributed by atoms with E-state index in [1.54, 1.807) is 35.7 Å². The first-order valence-electron chi connectivity index (χ1n) is 5.46. The minimum absolute atomic E-state index is 0.00600. The topological polar surface area (TPSA) is 33.2 Å². The number of hydrogen-bond donors (Lipinski definition) is 0. The summed E-state index contributed by atoms with van der Waals surface area (Å²) in [6.07, 6.45) is 3.35. The molecular weight excluding hydrogens is 312 g/mol. The maximum Gasteiger partial charge on any atom is 0.255 e. The van der Waals surface area contributed by atoms with E-state index in [9.17, 15) is 4.79 Å². The van der Waals surface area contributed by atoms with Crippen LogP contribution < -0.4 is 0 Å². The van der Waals surface area contributed by atoms with Gasteiger partial charge in [-0.15, -0.1) is 11.3 Å². The van der Waals surface area contributed by atoms with E-state index in [1.165, 1.54) is 0 Å². The molecule has 0 aliphatic carbocycles. The van der Waals surface area contributed by atoms with Gasteiger partial charge >= 0.3 is 0 Å². The molecular formula is C13H13BrN2OS. The van der Waals surface area contributed by atoms with Gasteiger partial charge in [0.05, 0.1) is 9.35 Å². The van der Waals surface area contributed by atoms with Crippen LogP contribution in [0.25, 0.3) is 0 Å². The maximum absolute atomic E-state index is 12.2. The smallest absolute Gasteiger partial charge is 0.255 e. The fourth-order valence-corrected chi connectivity index (χ4v) is 2.87. The summed E-state index contributed by atoms with van der Waals surface area (Å²) in [5.41, 5.74) is 2.75. The molecule has 94 valence electrons. The first-order valence-corrected chi connectivity index (χ1v) is 7.13. The average molecular weight is 325 g/mol. The first kappa shape index (κ1) is 13.2. The average Bonchev–Trinajstić information content (AvgIpc) is 2.73. The SMILES string of the molecule is Cc1cncc(C(=O)N(C)Cc2csc(Br)c2)c1. The van der Waals surface area contributed by atoms with E-state index in [1.807, 2.05) is 24.4 Å².